The minimum absolute atomic E-state index is 0. The first kappa shape index (κ1) is 60.7. The van der Waals surface area contributed by atoms with Crippen LogP contribution in [-0.4, -0.2) is 120 Å². The molecular formula is C55H85BBrN3O11. The van der Waals surface area contributed by atoms with Crippen LogP contribution in [0.2, 0.25) is 0 Å². The van der Waals surface area contributed by atoms with E-state index in [-0.39, 0.29) is 38.9 Å². The Bertz CT molecular complexity index is 2040. The number of carbonyl (C=O) groups excluding carboxylic acids is 3. The van der Waals surface area contributed by atoms with E-state index in [1.54, 1.807) is 39.8 Å². The first-order valence-electron chi connectivity index (χ1n) is 25.3. The molecule has 3 aromatic carbocycles. The molecule has 0 saturated carbocycles. The minimum Gasteiger partial charge on any atom is -0.478 e. The van der Waals surface area contributed by atoms with Crippen LogP contribution in [0.1, 0.15) is 158 Å². The summed E-state index contributed by atoms with van der Waals surface area (Å²) in [5.41, 5.74) is 7.97. The van der Waals surface area contributed by atoms with E-state index in [0.29, 0.717) is 46.0 Å². The van der Waals surface area contributed by atoms with Gasteiger partial charge in [0.15, 0.2) is 0 Å². The molecule has 0 radical (unpaired) electrons. The molecule has 0 bridgehead atoms. The number of carboxylic acids is 1. The van der Waals surface area contributed by atoms with Crippen molar-refractivity contribution in [1.82, 2.24) is 14.7 Å². The van der Waals surface area contributed by atoms with Crippen molar-refractivity contribution in [2.45, 2.75) is 169 Å². The molecule has 2 fully saturated rings. The van der Waals surface area contributed by atoms with Gasteiger partial charge in [-0.25, -0.2) is 19.2 Å². The highest BCUT2D eigenvalue weighted by Crippen LogP contribution is 2.26. The Hall–Kier alpha value is -4.64. The Labute approximate surface area is 436 Å². The molecule has 2 N–H and O–H groups in total. The summed E-state index contributed by atoms with van der Waals surface area (Å²) in [6.07, 6.45) is 6.66. The van der Waals surface area contributed by atoms with E-state index in [9.17, 15) is 19.2 Å². The van der Waals surface area contributed by atoms with Crippen molar-refractivity contribution in [2.75, 3.05) is 46.1 Å². The van der Waals surface area contributed by atoms with Crippen LogP contribution in [0.3, 0.4) is 0 Å². The quantitative estimate of drug-likeness (QED) is 0.146. The molecule has 0 unspecified atom stereocenters. The van der Waals surface area contributed by atoms with E-state index in [1.807, 2.05) is 80.5 Å². The van der Waals surface area contributed by atoms with Crippen molar-refractivity contribution >= 4 is 48.6 Å². The van der Waals surface area contributed by atoms with Gasteiger partial charge in [-0.05, 0) is 164 Å². The number of fused-ring (bicyclic) bond motifs is 3. The third-order valence-corrected chi connectivity index (χ3v) is 11.6. The number of aliphatic hydroxyl groups excluding tert-OH is 1. The number of alkyl halides is 1. The van der Waals surface area contributed by atoms with Crippen molar-refractivity contribution < 1.29 is 54.4 Å². The summed E-state index contributed by atoms with van der Waals surface area (Å²) in [7, 11) is 0. The number of nitrogens with zero attached hydrogens (tertiary/aromatic N) is 3. The number of rotatable bonds is 3. The molecular weight excluding hydrogens is 969 g/mol. The van der Waals surface area contributed by atoms with Gasteiger partial charge < -0.3 is 48.6 Å². The van der Waals surface area contributed by atoms with Gasteiger partial charge in [-0.2, -0.15) is 0 Å². The molecule has 5 heterocycles. The number of aliphatic hydroxyl groups is 1. The first-order valence-corrected chi connectivity index (χ1v) is 25.7. The van der Waals surface area contributed by atoms with Crippen LogP contribution in [0.4, 0.5) is 14.4 Å². The molecule has 0 aromatic heterocycles. The second-order valence-electron chi connectivity index (χ2n) is 20.4. The largest absolute Gasteiger partial charge is 0.478 e. The van der Waals surface area contributed by atoms with E-state index in [4.69, 9.17) is 35.3 Å². The molecule has 0 spiro atoms. The third kappa shape index (κ3) is 23.2. The van der Waals surface area contributed by atoms with Crippen molar-refractivity contribution in [3.05, 3.63) is 105 Å². The molecule has 5 aliphatic heterocycles. The molecule has 3 amide bonds. The Morgan fingerprint density at radius 3 is 1.20 bits per heavy atom. The second-order valence-corrected chi connectivity index (χ2v) is 20.9. The standard InChI is InChI=1S/C15H20BrNO2.C15H19NO4.C15H21NO3.2C4H8O.C2H6.BH3/c1-15(2,3)19-14(18)17-7-6-12-8-11(9-16)4-5-13(12)10-17;1-15(2,3)20-14(19)16-7-6-10-8-11(13(17)18)4-5-12(10)9-16;1-15(2,3)19-14(18)16-7-6-12-8-11(10-17)4-5-13(12)9-16;2*1-2-4-5-3-1;1-2;/h4-5,8H,6-7,9-10H2,1-3H3;4-5,8H,6-7,9H2,1-3H3,(H,17,18);4-5,8,17H,6-7,9-10H2,1-3H3;2*1-4H2;1-2H3;1H3/i;;;;;1D;. The van der Waals surface area contributed by atoms with Crippen LogP contribution in [0.5, 0.6) is 0 Å². The van der Waals surface area contributed by atoms with Gasteiger partial charge in [-0.3, -0.25) is 0 Å². The highest BCUT2D eigenvalue weighted by Gasteiger charge is 2.28. The van der Waals surface area contributed by atoms with Crippen molar-refractivity contribution in [1.29, 1.82) is 0 Å². The second kappa shape index (κ2) is 30.4. The molecule has 0 aliphatic carbocycles. The maximum atomic E-state index is 12.0. The van der Waals surface area contributed by atoms with Crippen molar-refractivity contribution in [3.63, 3.8) is 0 Å². The van der Waals surface area contributed by atoms with Crippen molar-refractivity contribution in [2.24, 2.45) is 0 Å². The molecule has 16 heteroatoms. The highest BCUT2D eigenvalue weighted by atomic mass is 79.9. The third-order valence-electron chi connectivity index (χ3n) is 11.0. The Kier molecular flexibility index (Phi) is 26.0. The lowest BCUT2D eigenvalue weighted by atomic mass is 9.97. The van der Waals surface area contributed by atoms with Gasteiger partial charge in [-0.1, -0.05) is 72.2 Å². The number of amides is 3. The van der Waals surface area contributed by atoms with Crippen LogP contribution < -0.4 is 0 Å². The number of hydrogen-bond acceptors (Lipinski definition) is 10. The summed E-state index contributed by atoms with van der Waals surface area (Å²) < 4.78 is 32.2. The van der Waals surface area contributed by atoms with E-state index in [2.05, 4.69) is 34.1 Å². The van der Waals surface area contributed by atoms with E-state index >= 15 is 0 Å². The molecule has 14 nitrogen and oxygen atoms in total. The van der Waals surface area contributed by atoms with Crippen LogP contribution in [-0.2, 0) is 74.5 Å². The molecule has 396 valence electrons. The minimum atomic E-state index is -0.928. The Balaban J connectivity index is 0.000000325. The average molecular weight is 1060 g/mol. The number of carboxylic acid groups (broad SMARTS) is 1. The number of halogens is 1. The number of ether oxygens (including phenoxy) is 5. The molecule has 3 aromatic rings. The number of benzene rings is 3. The lowest BCUT2D eigenvalue weighted by Gasteiger charge is -2.31. The van der Waals surface area contributed by atoms with E-state index in [0.717, 1.165) is 73.4 Å². The van der Waals surface area contributed by atoms with Gasteiger partial charge in [-0.15, -0.1) is 0 Å². The Morgan fingerprint density at radius 1 is 0.577 bits per heavy atom. The lowest BCUT2D eigenvalue weighted by Crippen LogP contribution is -2.39. The maximum absolute atomic E-state index is 12.0. The van der Waals surface area contributed by atoms with E-state index < -0.39 is 22.8 Å². The van der Waals surface area contributed by atoms with Gasteiger partial charge in [0.2, 0.25) is 0 Å². The SMILES string of the molecule is B.C1CCOC1.C1CCOC1.CC(C)(C)OC(=O)N1CCc2cc(C(=O)O)ccc2C1.CC(C)(C)OC(=O)N1CCc2cc(CBr)ccc2C1.CC(C)(C)OC(=O)N1CCc2cc(CO)ccc2C1.[2H]CC. The molecule has 71 heavy (non-hydrogen) atoms. The highest BCUT2D eigenvalue weighted by molar-refractivity contribution is 9.08. The van der Waals surface area contributed by atoms with Gasteiger partial charge in [0.1, 0.15) is 16.8 Å². The molecule has 0 atom stereocenters. The fourth-order valence-corrected chi connectivity index (χ4v) is 7.90. The van der Waals surface area contributed by atoms with Crippen LogP contribution in [0.25, 0.3) is 0 Å². The zero-order valence-corrected chi connectivity index (χ0v) is 45.2. The summed E-state index contributed by atoms with van der Waals surface area (Å²) in [4.78, 5) is 52.1. The van der Waals surface area contributed by atoms with Gasteiger partial charge in [0.05, 0.1) is 20.6 Å². The van der Waals surface area contributed by atoms with Crippen LogP contribution >= 0.6 is 15.9 Å². The molecule has 8 rings (SSSR count). The zero-order chi connectivity index (χ0) is 52.8. The normalized spacial score (nSPS) is 15.8. The smallest absolute Gasteiger partial charge is 0.410 e. The fourth-order valence-electron chi connectivity index (χ4n) is 7.55. The molecule has 2 saturated heterocycles. The summed E-state index contributed by atoms with van der Waals surface area (Å²) in [6.45, 7) is 26.8. The molecule has 5 aliphatic rings. The number of aromatic carboxylic acids is 1. The van der Waals surface area contributed by atoms with E-state index in [1.165, 1.54) is 47.9 Å². The summed E-state index contributed by atoms with van der Waals surface area (Å²) >= 11 is 3.47. The van der Waals surface area contributed by atoms with Crippen LogP contribution in [0.15, 0.2) is 54.6 Å². The topological polar surface area (TPSA) is 165 Å². The van der Waals surface area contributed by atoms with Crippen LogP contribution in [0, 0.1) is 0 Å². The predicted octanol–water partition coefficient (Wildman–Crippen LogP) is 10.5. The van der Waals surface area contributed by atoms with Crippen molar-refractivity contribution in [3.8, 4) is 0 Å². The van der Waals surface area contributed by atoms with Gasteiger partial charge in [0, 0.05) is 72.4 Å². The summed E-state index contributed by atoms with van der Waals surface area (Å²) in [5, 5.41) is 19.0. The fraction of sp³-hybridized carbons (Fsp3) is 0.600. The number of carbonyl (C=O) groups is 4. The summed E-state index contributed by atoms with van der Waals surface area (Å²) in [5.74, 6) is -0.928. The predicted molar refractivity (Wildman–Crippen MR) is 287 cm³/mol. The maximum Gasteiger partial charge on any atom is 0.410 e. The lowest BCUT2D eigenvalue weighted by molar-refractivity contribution is 0.0214. The average Bonchev–Trinajstić information content (AvgIpc) is 4.11. The monoisotopic (exact) mass is 1050 g/mol. The summed E-state index contributed by atoms with van der Waals surface area (Å²) in [6, 6.07) is 17.4. The van der Waals surface area contributed by atoms with Gasteiger partial charge >= 0.3 is 24.2 Å². The number of hydrogen-bond donors (Lipinski definition) is 2. The van der Waals surface area contributed by atoms with Gasteiger partial charge in [0.25, 0.3) is 0 Å². The first-order chi connectivity index (χ1) is 33.4. The Morgan fingerprint density at radius 2 is 0.901 bits per heavy atom. The zero-order valence-electron chi connectivity index (χ0n) is 44.6.